The Labute approximate surface area is 173 Å². The molecular formula is C20H21ClN4O2S. The van der Waals surface area contributed by atoms with Gasteiger partial charge in [0.05, 0.1) is 17.9 Å². The summed E-state index contributed by atoms with van der Waals surface area (Å²) in [6, 6.07) is 14.7. The first kappa shape index (κ1) is 20.2. The third-order valence-corrected chi connectivity index (χ3v) is 5.44. The monoisotopic (exact) mass is 416 g/mol. The molecular weight excluding hydrogens is 396 g/mol. The number of rotatable bonds is 7. The van der Waals surface area contributed by atoms with Gasteiger partial charge in [0.25, 0.3) is 0 Å². The average Bonchev–Trinajstić information content (AvgIpc) is 3.10. The van der Waals surface area contributed by atoms with Gasteiger partial charge in [-0.1, -0.05) is 41.6 Å². The molecule has 1 atom stereocenters. The predicted molar refractivity (Wildman–Crippen MR) is 113 cm³/mol. The molecule has 0 unspecified atom stereocenters. The number of benzene rings is 2. The highest BCUT2D eigenvalue weighted by atomic mass is 35.5. The Balaban J connectivity index is 1.79. The van der Waals surface area contributed by atoms with Crippen molar-refractivity contribution < 1.29 is 9.53 Å². The number of nitrogens with zero attached hydrogens (tertiary/aromatic N) is 3. The highest BCUT2D eigenvalue weighted by Crippen LogP contribution is 2.32. The quantitative estimate of drug-likeness (QED) is 0.563. The minimum atomic E-state index is -0.362. The summed E-state index contributed by atoms with van der Waals surface area (Å²) in [6.07, 6.45) is 0. The molecule has 0 radical (unpaired) electrons. The molecule has 3 rings (SSSR count). The van der Waals surface area contributed by atoms with Gasteiger partial charge in [-0.15, -0.1) is 10.2 Å². The van der Waals surface area contributed by atoms with Gasteiger partial charge in [-0.05, 0) is 44.2 Å². The molecule has 8 heteroatoms. The van der Waals surface area contributed by atoms with Crippen LogP contribution in [0.2, 0.25) is 5.02 Å². The van der Waals surface area contributed by atoms with Gasteiger partial charge in [0.1, 0.15) is 5.75 Å². The van der Waals surface area contributed by atoms with E-state index in [0.717, 1.165) is 11.3 Å². The molecule has 0 aliphatic rings. The van der Waals surface area contributed by atoms with E-state index < -0.39 is 0 Å². The summed E-state index contributed by atoms with van der Waals surface area (Å²) in [6.45, 7) is 4.52. The van der Waals surface area contributed by atoms with Crippen molar-refractivity contribution in [1.82, 2.24) is 14.8 Å². The van der Waals surface area contributed by atoms with Gasteiger partial charge < -0.3 is 14.6 Å². The first-order valence-corrected chi connectivity index (χ1v) is 10.1. The van der Waals surface area contributed by atoms with E-state index >= 15 is 0 Å². The molecule has 6 nitrogen and oxygen atoms in total. The van der Waals surface area contributed by atoms with E-state index in [4.69, 9.17) is 16.3 Å². The average molecular weight is 417 g/mol. The number of para-hydroxylation sites is 1. The molecule has 0 spiro atoms. The Kier molecular flexibility index (Phi) is 6.59. The van der Waals surface area contributed by atoms with E-state index in [0.29, 0.717) is 28.2 Å². The number of hydrogen-bond donors (Lipinski definition) is 1. The van der Waals surface area contributed by atoms with E-state index in [9.17, 15) is 4.79 Å². The third kappa shape index (κ3) is 4.48. The number of anilines is 1. The molecule has 146 valence electrons. The Morgan fingerprint density at radius 3 is 2.75 bits per heavy atom. The van der Waals surface area contributed by atoms with Crippen molar-refractivity contribution in [3.8, 4) is 17.1 Å². The maximum Gasteiger partial charge on any atom is 0.237 e. The van der Waals surface area contributed by atoms with Gasteiger partial charge in [0.15, 0.2) is 11.0 Å². The number of aromatic nitrogens is 3. The van der Waals surface area contributed by atoms with E-state index in [1.807, 2.05) is 42.7 Å². The highest BCUT2D eigenvalue weighted by Gasteiger charge is 2.21. The minimum absolute atomic E-state index is 0.128. The number of carbonyl (C=O) groups excluding carboxylic acids is 1. The van der Waals surface area contributed by atoms with Crippen molar-refractivity contribution in [2.45, 2.75) is 30.8 Å². The fraction of sp³-hybridized carbons (Fsp3) is 0.250. The Morgan fingerprint density at radius 1 is 1.25 bits per heavy atom. The van der Waals surface area contributed by atoms with Crippen molar-refractivity contribution in [1.29, 1.82) is 0 Å². The van der Waals surface area contributed by atoms with Crippen molar-refractivity contribution in [2.75, 3.05) is 12.4 Å². The second-order valence-electron chi connectivity index (χ2n) is 6.01. The number of hydrogen-bond acceptors (Lipinski definition) is 5. The molecule has 28 heavy (non-hydrogen) atoms. The number of amides is 1. The van der Waals surface area contributed by atoms with Crippen LogP contribution in [0.3, 0.4) is 0 Å². The standard InChI is InChI=1S/C20H21ClN4O2S/c1-4-25-18(16-10-5-6-11-17(16)27-3)23-24-20(25)28-13(2)19(26)22-15-9-7-8-14(21)12-15/h5-13H,4H2,1-3H3,(H,22,26)/t13-/m0/s1. The van der Waals surface area contributed by atoms with Crippen LogP contribution < -0.4 is 10.1 Å². The number of thioether (sulfide) groups is 1. The molecule has 0 fully saturated rings. The molecule has 1 heterocycles. The van der Waals surface area contributed by atoms with Crippen molar-refractivity contribution in [3.05, 3.63) is 53.6 Å². The van der Waals surface area contributed by atoms with Gasteiger partial charge in [0.2, 0.25) is 5.91 Å². The van der Waals surface area contributed by atoms with Crippen LogP contribution in [0.4, 0.5) is 5.69 Å². The summed E-state index contributed by atoms with van der Waals surface area (Å²) in [5.41, 5.74) is 1.53. The summed E-state index contributed by atoms with van der Waals surface area (Å²) < 4.78 is 7.42. The van der Waals surface area contributed by atoms with Crippen LogP contribution >= 0.6 is 23.4 Å². The molecule has 1 amide bonds. The predicted octanol–water partition coefficient (Wildman–Crippen LogP) is 4.75. The molecule has 1 N–H and O–H groups in total. The lowest BCUT2D eigenvalue weighted by molar-refractivity contribution is -0.115. The zero-order valence-electron chi connectivity index (χ0n) is 15.8. The van der Waals surface area contributed by atoms with Crippen LogP contribution in [-0.2, 0) is 11.3 Å². The summed E-state index contributed by atoms with van der Waals surface area (Å²) in [4.78, 5) is 12.6. The number of methoxy groups -OCH3 is 1. The van der Waals surface area contributed by atoms with E-state index in [-0.39, 0.29) is 11.2 Å². The molecule has 0 aliphatic carbocycles. The highest BCUT2D eigenvalue weighted by molar-refractivity contribution is 8.00. The number of halogens is 1. The van der Waals surface area contributed by atoms with Gasteiger partial charge >= 0.3 is 0 Å². The third-order valence-electron chi connectivity index (χ3n) is 4.12. The lowest BCUT2D eigenvalue weighted by Gasteiger charge is -2.13. The summed E-state index contributed by atoms with van der Waals surface area (Å²) in [5.74, 6) is 1.31. The largest absolute Gasteiger partial charge is 0.496 e. The van der Waals surface area contributed by atoms with Gasteiger partial charge in [-0.25, -0.2) is 0 Å². The molecule has 3 aromatic rings. The minimum Gasteiger partial charge on any atom is -0.496 e. The Morgan fingerprint density at radius 2 is 2.04 bits per heavy atom. The maximum absolute atomic E-state index is 12.6. The SMILES string of the molecule is CCn1c(S[C@@H](C)C(=O)Nc2cccc(Cl)c2)nnc1-c1ccccc1OC. The van der Waals surface area contributed by atoms with Crippen LogP contribution in [0, 0.1) is 0 Å². The fourth-order valence-electron chi connectivity index (χ4n) is 2.71. The smallest absolute Gasteiger partial charge is 0.237 e. The number of carbonyl (C=O) groups is 1. The molecule has 2 aromatic carbocycles. The zero-order chi connectivity index (χ0) is 20.1. The molecule has 0 saturated carbocycles. The molecule has 0 saturated heterocycles. The molecule has 1 aromatic heterocycles. The van der Waals surface area contributed by atoms with E-state index in [1.54, 1.807) is 31.4 Å². The van der Waals surface area contributed by atoms with Crippen molar-refractivity contribution in [3.63, 3.8) is 0 Å². The van der Waals surface area contributed by atoms with E-state index in [1.165, 1.54) is 11.8 Å². The second-order valence-corrected chi connectivity index (χ2v) is 7.75. The lowest BCUT2D eigenvalue weighted by Crippen LogP contribution is -2.22. The first-order valence-electron chi connectivity index (χ1n) is 8.83. The Bertz CT molecular complexity index is 976. The van der Waals surface area contributed by atoms with Crippen molar-refractivity contribution in [2.24, 2.45) is 0 Å². The molecule has 0 aliphatic heterocycles. The second kappa shape index (κ2) is 9.12. The van der Waals surface area contributed by atoms with Crippen LogP contribution in [-0.4, -0.2) is 33.0 Å². The lowest BCUT2D eigenvalue weighted by atomic mass is 10.2. The van der Waals surface area contributed by atoms with Crippen LogP contribution in [0.15, 0.2) is 53.7 Å². The van der Waals surface area contributed by atoms with Gasteiger partial charge in [0, 0.05) is 17.3 Å². The van der Waals surface area contributed by atoms with E-state index in [2.05, 4.69) is 15.5 Å². The van der Waals surface area contributed by atoms with Crippen molar-refractivity contribution >= 4 is 35.0 Å². The first-order chi connectivity index (χ1) is 13.5. The summed E-state index contributed by atoms with van der Waals surface area (Å²) in [5, 5.41) is 12.4. The topological polar surface area (TPSA) is 69.0 Å². The zero-order valence-corrected chi connectivity index (χ0v) is 17.4. The van der Waals surface area contributed by atoms with Crippen LogP contribution in [0.25, 0.3) is 11.4 Å². The van der Waals surface area contributed by atoms with Crippen LogP contribution in [0.1, 0.15) is 13.8 Å². The maximum atomic E-state index is 12.6. The van der Waals surface area contributed by atoms with Gasteiger partial charge in [-0.3, -0.25) is 4.79 Å². The molecule has 0 bridgehead atoms. The number of ether oxygens (including phenoxy) is 1. The normalized spacial score (nSPS) is 11.9. The van der Waals surface area contributed by atoms with Gasteiger partial charge in [-0.2, -0.15) is 0 Å². The summed E-state index contributed by atoms with van der Waals surface area (Å²) in [7, 11) is 1.63. The Hall–Kier alpha value is -2.51. The summed E-state index contributed by atoms with van der Waals surface area (Å²) >= 11 is 7.33. The fourth-order valence-corrected chi connectivity index (χ4v) is 3.81. The number of nitrogens with one attached hydrogen (secondary N) is 1. The van der Waals surface area contributed by atoms with Crippen LogP contribution in [0.5, 0.6) is 5.75 Å².